The van der Waals surface area contributed by atoms with E-state index in [-0.39, 0.29) is 23.0 Å². The van der Waals surface area contributed by atoms with E-state index in [4.69, 9.17) is 15.0 Å². The molecule has 0 atom stereocenters. The van der Waals surface area contributed by atoms with Crippen LogP contribution >= 0.6 is 11.8 Å². The number of amides is 1. The zero-order chi connectivity index (χ0) is 20.1. The van der Waals surface area contributed by atoms with Gasteiger partial charge in [-0.15, -0.1) is 11.8 Å². The van der Waals surface area contributed by atoms with Gasteiger partial charge in [0.1, 0.15) is 11.5 Å². The second-order valence-electron chi connectivity index (χ2n) is 10.0. The van der Waals surface area contributed by atoms with Crippen LogP contribution in [0.15, 0.2) is 9.42 Å². The summed E-state index contributed by atoms with van der Waals surface area (Å²) in [7, 11) is 0. The molecule has 1 heterocycles. The van der Waals surface area contributed by atoms with E-state index in [2.05, 4.69) is 24.3 Å². The van der Waals surface area contributed by atoms with Crippen LogP contribution < -0.4 is 15.8 Å². The monoisotopic (exact) mass is 407 g/mol. The highest BCUT2D eigenvalue weighted by atomic mass is 32.2. The molecule has 4 fully saturated rings. The Kier molecular flexibility index (Phi) is 5.42. The lowest BCUT2D eigenvalue weighted by atomic mass is 9.54. The molecule has 3 N–H and O–H groups in total. The van der Waals surface area contributed by atoms with Gasteiger partial charge >= 0.3 is 0 Å². The van der Waals surface area contributed by atoms with Gasteiger partial charge in [-0.1, -0.05) is 13.8 Å². The SMILES string of the molecule is CC(C)Sc1c(OCC(C)(C)N)noc1C(=O)NC1C2CC3CC(C2)CC1C3. The zero-order valence-electron chi connectivity index (χ0n) is 17.4. The Morgan fingerprint density at radius 2 is 1.86 bits per heavy atom. The number of hydrogen-bond acceptors (Lipinski definition) is 6. The summed E-state index contributed by atoms with van der Waals surface area (Å²) in [6.45, 7) is 8.24. The van der Waals surface area contributed by atoms with E-state index < -0.39 is 5.54 Å². The fraction of sp³-hybridized carbons (Fsp3) is 0.810. The van der Waals surface area contributed by atoms with Gasteiger partial charge in [0, 0.05) is 16.8 Å². The molecule has 6 nitrogen and oxygen atoms in total. The first kappa shape index (κ1) is 20.1. The Hall–Kier alpha value is -1.21. The molecule has 0 spiro atoms. The molecule has 1 amide bonds. The van der Waals surface area contributed by atoms with E-state index >= 15 is 0 Å². The molecular formula is C21H33N3O3S. The summed E-state index contributed by atoms with van der Waals surface area (Å²) >= 11 is 1.55. The summed E-state index contributed by atoms with van der Waals surface area (Å²) in [5.74, 6) is 3.50. The number of aromatic nitrogens is 1. The van der Waals surface area contributed by atoms with Gasteiger partial charge in [0.25, 0.3) is 11.8 Å². The average Bonchev–Trinajstić information content (AvgIpc) is 2.97. The number of rotatable bonds is 7. The van der Waals surface area contributed by atoms with Crippen molar-refractivity contribution in [3.8, 4) is 5.88 Å². The highest BCUT2D eigenvalue weighted by Gasteiger charge is 2.49. The van der Waals surface area contributed by atoms with Crippen LogP contribution in [0.4, 0.5) is 0 Å². The highest BCUT2D eigenvalue weighted by Crippen LogP contribution is 2.53. The normalized spacial score (nSPS) is 31.4. The maximum atomic E-state index is 13.1. The lowest BCUT2D eigenvalue weighted by molar-refractivity contribution is -0.0124. The predicted octanol–water partition coefficient (Wildman–Crippen LogP) is 3.85. The Morgan fingerprint density at radius 3 is 2.39 bits per heavy atom. The standard InChI is InChI=1S/C21H33N3O3S/c1-11(2)28-18-17(27-24-20(18)26-10-21(3,4)22)19(25)23-16-14-6-12-5-13(8-14)9-15(16)7-12/h11-16H,5-10,22H2,1-4H3,(H,23,25). The molecule has 0 aromatic carbocycles. The largest absolute Gasteiger partial charge is 0.473 e. The molecule has 28 heavy (non-hydrogen) atoms. The molecule has 0 radical (unpaired) electrons. The summed E-state index contributed by atoms with van der Waals surface area (Å²) < 4.78 is 11.3. The molecule has 0 aliphatic heterocycles. The Labute approximate surface area is 171 Å². The lowest BCUT2D eigenvalue weighted by Crippen LogP contribution is -2.55. The second kappa shape index (κ2) is 7.56. The molecule has 0 saturated heterocycles. The maximum Gasteiger partial charge on any atom is 0.291 e. The van der Waals surface area contributed by atoms with Crippen molar-refractivity contribution in [3.63, 3.8) is 0 Å². The van der Waals surface area contributed by atoms with Gasteiger partial charge in [-0.25, -0.2) is 0 Å². The quantitative estimate of drug-likeness (QED) is 0.667. The van der Waals surface area contributed by atoms with Crippen molar-refractivity contribution < 1.29 is 14.1 Å². The third-order valence-electron chi connectivity index (χ3n) is 6.29. The topological polar surface area (TPSA) is 90.4 Å². The number of carbonyl (C=O) groups is 1. The zero-order valence-corrected chi connectivity index (χ0v) is 18.2. The third kappa shape index (κ3) is 4.20. The van der Waals surface area contributed by atoms with E-state index in [9.17, 15) is 4.79 Å². The second-order valence-corrected chi connectivity index (χ2v) is 11.6. The molecule has 4 aliphatic carbocycles. The number of carbonyl (C=O) groups excluding carboxylic acids is 1. The van der Waals surface area contributed by atoms with Crippen molar-refractivity contribution in [2.24, 2.45) is 29.4 Å². The minimum absolute atomic E-state index is 0.157. The smallest absolute Gasteiger partial charge is 0.291 e. The van der Waals surface area contributed by atoms with Crippen LogP contribution in [-0.4, -0.2) is 34.5 Å². The number of thioether (sulfide) groups is 1. The van der Waals surface area contributed by atoms with Gasteiger partial charge in [0.2, 0.25) is 5.76 Å². The van der Waals surface area contributed by atoms with Gasteiger partial charge < -0.3 is 20.3 Å². The molecule has 4 bridgehead atoms. The van der Waals surface area contributed by atoms with Gasteiger partial charge in [-0.05, 0) is 74.8 Å². The van der Waals surface area contributed by atoms with E-state index in [1.54, 1.807) is 11.8 Å². The molecule has 4 saturated carbocycles. The Morgan fingerprint density at radius 1 is 1.25 bits per heavy atom. The number of nitrogens with one attached hydrogen (secondary N) is 1. The van der Waals surface area contributed by atoms with Crippen LogP contribution in [0.3, 0.4) is 0 Å². The molecule has 1 aromatic rings. The first-order valence-corrected chi connectivity index (χ1v) is 11.5. The molecule has 156 valence electrons. The van der Waals surface area contributed by atoms with E-state index in [1.807, 2.05) is 13.8 Å². The first-order chi connectivity index (χ1) is 13.2. The van der Waals surface area contributed by atoms with Crippen LogP contribution in [0.2, 0.25) is 0 Å². The van der Waals surface area contributed by atoms with Crippen LogP contribution in [0, 0.1) is 23.7 Å². The van der Waals surface area contributed by atoms with Crippen LogP contribution in [0.5, 0.6) is 5.88 Å². The lowest BCUT2D eigenvalue weighted by Gasteiger charge is -2.54. The first-order valence-electron chi connectivity index (χ1n) is 10.6. The van der Waals surface area contributed by atoms with Gasteiger partial charge in [0.05, 0.1) is 0 Å². The summed E-state index contributed by atoms with van der Waals surface area (Å²) in [5, 5.41) is 7.63. The molecule has 5 rings (SSSR count). The number of ether oxygens (including phenoxy) is 1. The minimum atomic E-state index is -0.485. The summed E-state index contributed by atoms with van der Waals surface area (Å²) in [5.41, 5.74) is 5.54. The van der Waals surface area contributed by atoms with Crippen molar-refractivity contribution in [2.75, 3.05) is 6.61 Å². The predicted molar refractivity (Wildman–Crippen MR) is 110 cm³/mol. The molecule has 4 aliphatic rings. The van der Waals surface area contributed by atoms with Crippen molar-refractivity contribution in [3.05, 3.63) is 5.76 Å². The number of nitrogens with zero attached hydrogens (tertiary/aromatic N) is 1. The fourth-order valence-corrected chi connectivity index (χ4v) is 6.38. The van der Waals surface area contributed by atoms with E-state index in [0.717, 1.165) is 11.8 Å². The van der Waals surface area contributed by atoms with Crippen LogP contribution in [0.25, 0.3) is 0 Å². The van der Waals surface area contributed by atoms with E-state index in [0.29, 0.717) is 29.2 Å². The summed E-state index contributed by atoms with van der Waals surface area (Å²) in [4.78, 5) is 13.8. The van der Waals surface area contributed by atoms with Gasteiger partial charge in [-0.3, -0.25) is 4.79 Å². The van der Waals surface area contributed by atoms with Crippen LogP contribution in [-0.2, 0) is 0 Å². The van der Waals surface area contributed by atoms with E-state index in [1.165, 1.54) is 32.1 Å². The van der Waals surface area contributed by atoms with Gasteiger partial charge in [0.15, 0.2) is 0 Å². The van der Waals surface area contributed by atoms with Crippen molar-refractivity contribution >= 4 is 17.7 Å². The van der Waals surface area contributed by atoms with Crippen molar-refractivity contribution in [2.45, 2.75) is 81.5 Å². The number of nitrogens with two attached hydrogens (primary N) is 1. The summed E-state index contributed by atoms with van der Waals surface area (Å²) in [6, 6.07) is 0.273. The van der Waals surface area contributed by atoms with Crippen molar-refractivity contribution in [1.82, 2.24) is 10.5 Å². The highest BCUT2D eigenvalue weighted by molar-refractivity contribution is 8.00. The third-order valence-corrected chi connectivity index (χ3v) is 7.35. The molecule has 1 aromatic heterocycles. The minimum Gasteiger partial charge on any atom is -0.473 e. The fourth-order valence-electron chi connectivity index (χ4n) is 5.48. The number of hydrogen-bond donors (Lipinski definition) is 2. The van der Waals surface area contributed by atoms with Gasteiger partial charge in [-0.2, -0.15) is 0 Å². The Balaban J connectivity index is 1.49. The molecule has 7 heteroatoms. The maximum absolute atomic E-state index is 13.1. The average molecular weight is 408 g/mol. The van der Waals surface area contributed by atoms with Crippen molar-refractivity contribution in [1.29, 1.82) is 0 Å². The van der Waals surface area contributed by atoms with Crippen LogP contribution in [0.1, 0.15) is 70.4 Å². The molecule has 0 unspecified atom stereocenters. The Bertz CT molecular complexity index is 697. The molecular weight excluding hydrogens is 374 g/mol. The summed E-state index contributed by atoms with van der Waals surface area (Å²) in [6.07, 6.45) is 6.47.